The molecule has 3 amide bonds. The molecule has 1 aliphatic heterocycles. The lowest BCUT2D eigenvalue weighted by molar-refractivity contribution is -0.159. The largest absolute Gasteiger partial charge is 0.471 e. The third-order valence-electron chi connectivity index (χ3n) is 6.95. The van der Waals surface area contributed by atoms with Gasteiger partial charge >= 0.3 is 18.2 Å². The third-order valence-corrected chi connectivity index (χ3v) is 6.95. The molecule has 2 heterocycles. The molecule has 4 rings (SSSR count). The van der Waals surface area contributed by atoms with Crippen LogP contribution >= 0.6 is 0 Å². The molecule has 1 aliphatic rings. The van der Waals surface area contributed by atoms with E-state index in [1.165, 1.54) is 30.9 Å². The number of amides is 3. The Morgan fingerprint density at radius 3 is 2.42 bits per heavy atom. The molecule has 0 saturated carbocycles. The number of halogens is 4. The smallest absolute Gasteiger partial charge is 0.446 e. The third kappa shape index (κ3) is 8.30. The molecule has 10 nitrogen and oxygen atoms in total. The van der Waals surface area contributed by atoms with E-state index in [4.69, 9.17) is 4.74 Å². The average molecular weight is 606 g/mol. The number of rotatable bonds is 9. The summed E-state index contributed by atoms with van der Waals surface area (Å²) in [6.07, 6.45) is -6.04. The van der Waals surface area contributed by atoms with Crippen molar-refractivity contribution in [2.75, 3.05) is 13.2 Å². The molecule has 14 heteroatoms. The zero-order valence-electron chi connectivity index (χ0n) is 23.4. The number of ether oxygens (including phenoxy) is 1. The number of carbonyl (C=O) groups excluding carboxylic acids is 3. The van der Waals surface area contributed by atoms with Gasteiger partial charge in [-0.1, -0.05) is 59.8 Å². The second-order valence-corrected chi connectivity index (χ2v) is 10.3. The van der Waals surface area contributed by atoms with E-state index in [-0.39, 0.29) is 24.8 Å². The lowest BCUT2D eigenvalue weighted by Gasteiger charge is -2.38. The summed E-state index contributed by atoms with van der Waals surface area (Å²) in [5, 5.41) is 8.69. The van der Waals surface area contributed by atoms with Crippen LogP contribution in [-0.2, 0) is 27.0 Å². The molecule has 1 fully saturated rings. The number of aromatic nitrogens is 2. The number of alkyl halides is 4. The molecule has 0 bridgehead atoms. The van der Waals surface area contributed by atoms with Crippen molar-refractivity contribution in [3.05, 3.63) is 71.6 Å². The van der Waals surface area contributed by atoms with Gasteiger partial charge in [-0.05, 0) is 43.7 Å². The first-order valence-corrected chi connectivity index (χ1v) is 13.6. The van der Waals surface area contributed by atoms with Gasteiger partial charge in [0.2, 0.25) is 17.6 Å². The highest BCUT2D eigenvalue weighted by atomic mass is 19.4. The SMILES string of the molecule is CC(F)COC(=O)N1CC[C@H](c2ccccc2)C[C@@H]1C(=O)N[C@@H](C)C(=O)NCc1ccc(-c2noc(C(F)(F)F)n2)cc1. The average Bonchev–Trinajstić information content (AvgIpc) is 3.50. The van der Waals surface area contributed by atoms with E-state index in [1.807, 2.05) is 30.3 Å². The summed E-state index contributed by atoms with van der Waals surface area (Å²) in [6, 6.07) is 13.8. The highest BCUT2D eigenvalue weighted by Crippen LogP contribution is 2.32. The highest BCUT2D eigenvalue weighted by molar-refractivity contribution is 5.91. The number of piperidine rings is 1. The summed E-state index contributed by atoms with van der Waals surface area (Å²) < 4.78 is 60.7. The highest BCUT2D eigenvalue weighted by Gasteiger charge is 2.39. The van der Waals surface area contributed by atoms with Crippen molar-refractivity contribution in [2.24, 2.45) is 0 Å². The predicted molar refractivity (Wildman–Crippen MR) is 145 cm³/mol. The molecule has 3 aromatic rings. The van der Waals surface area contributed by atoms with E-state index in [2.05, 4.69) is 25.3 Å². The Morgan fingerprint density at radius 1 is 1.09 bits per heavy atom. The van der Waals surface area contributed by atoms with E-state index in [0.29, 0.717) is 24.0 Å². The first kappa shape index (κ1) is 31.4. The maximum Gasteiger partial charge on any atom is 0.471 e. The second-order valence-electron chi connectivity index (χ2n) is 10.3. The minimum Gasteiger partial charge on any atom is -0.446 e. The van der Waals surface area contributed by atoms with Crippen LogP contribution in [0.4, 0.5) is 22.4 Å². The Balaban J connectivity index is 1.35. The number of nitrogens with one attached hydrogen (secondary N) is 2. The fourth-order valence-electron chi connectivity index (χ4n) is 4.67. The molecule has 230 valence electrons. The first-order valence-electron chi connectivity index (χ1n) is 13.6. The standard InChI is InChI=1S/C29H31F4N5O5/c1-17(30)16-42-28(41)38-13-12-22(20-6-4-3-5-7-20)14-23(38)26(40)35-18(2)25(39)34-15-19-8-10-21(11-9-19)24-36-27(43-37-24)29(31,32)33/h3-11,17-18,22-23H,12-16H2,1-2H3,(H,34,39)(H,35,40)/t17?,18-,22-,23+/m0/s1. The summed E-state index contributed by atoms with van der Waals surface area (Å²) in [7, 11) is 0. The predicted octanol–water partition coefficient (Wildman–Crippen LogP) is 4.62. The fraction of sp³-hybridized carbons (Fsp3) is 0.414. The Labute approximate surface area is 244 Å². The van der Waals surface area contributed by atoms with Crippen molar-refractivity contribution in [1.29, 1.82) is 0 Å². The molecule has 0 spiro atoms. The van der Waals surface area contributed by atoms with E-state index in [0.717, 1.165) is 5.56 Å². The van der Waals surface area contributed by atoms with Gasteiger partial charge in [-0.3, -0.25) is 14.5 Å². The molecular formula is C29H31F4N5O5. The summed E-state index contributed by atoms with van der Waals surface area (Å²) >= 11 is 0. The quantitative estimate of drug-likeness (QED) is 0.341. The summed E-state index contributed by atoms with van der Waals surface area (Å²) in [5.41, 5.74) is 1.94. The number of benzene rings is 2. The van der Waals surface area contributed by atoms with Gasteiger partial charge in [-0.15, -0.1) is 0 Å². The van der Waals surface area contributed by atoms with E-state index in [1.54, 1.807) is 12.1 Å². The zero-order valence-corrected chi connectivity index (χ0v) is 23.4. The van der Waals surface area contributed by atoms with Crippen LogP contribution in [0.3, 0.4) is 0 Å². The monoisotopic (exact) mass is 605 g/mol. The Bertz CT molecular complexity index is 1400. The lowest BCUT2D eigenvalue weighted by atomic mass is 9.85. The van der Waals surface area contributed by atoms with Crippen molar-refractivity contribution in [2.45, 2.75) is 63.6 Å². The van der Waals surface area contributed by atoms with Gasteiger partial charge in [0.1, 0.15) is 24.9 Å². The van der Waals surface area contributed by atoms with Gasteiger partial charge in [0.15, 0.2) is 0 Å². The molecule has 0 aliphatic carbocycles. The van der Waals surface area contributed by atoms with Gasteiger partial charge in [-0.2, -0.15) is 18.2 Å². The molecule has 2 aromatic carbocycles. The van der Waals surface area contributed by atoms with Crippen LogP contribution in [0.1, 0.15) is 49.6 Å². The van der Waals surface area contributed by atoms with Crippen LogP contribution in [0.2, 0.25) is 0 Å². The van der Waals surface area contributed by atoms with Gasteiger partial charge in [0.25, 0.3) is 0 Å². The number of nitrogens with zero attached hydrogens (tertiary/aromatic N) is 3. The fourth-order valence-corrected chi connectivity index (χ4v) is 4.67. The van der Waals surface area contributed by atoms with Crippen molar-refractivity contribution >= 4 is 17.9 Å². The topological polar surface area (TPSA) is 127 Å². The van der Waals surface area contributed by atoms with Crippen LogP contribution in [0.5, 0.6) is 0 Å². The molecule has 2 N–H and O–H groups in total. The summed E-state index contributed by atoms with van der Waals surface area (Å²) in [6.45, 7) is 2.60. The van der Waals surface area contributed by atoms with E-state index in [9.17, 15) is 31.9 Å². The molecule has 1 unspecified atom stereocenters. The molecule has 4 atom stereocenters. The van der Waals surface area contributed by atoms with Crippen LogP contribution in [0, 0.1) is 0 Å². The number of carbonyl (C=O) groups is 3. The van der Waals surface area contributed by atoms with E-state index < -0.39 is 54.8 Å². The van der Waals surface area contributed by atoms with Crippen LogP contribution in [-0.4, -0.2) is 64.4 Å². The normalized spacial score (nSPS) is 18.4. The minimum atomic E-state index is -4.75. The molecule has 0 radical (unpaired) electrons. The van der Waals surface area contributed by atoms with Crippen molar-refractivity contribution in [3.63, 3.8) is 0 Å². The van der Waals surface area contributed by atoms with Crippen molar-refractivity contribution in [1.82, 2.24) is 25.7 Å². The molecule has 1 aromatic heterocycles. The molecular weight excluding hydrogens is 574 g/mol. The van der Waals surface area contributed by atoms with Gasteiger partial charge in [0.05, 0.1) is 0 Å². The Kier molecular flexibility index (Phi) is 9.99. The maximum absolute atomic E-state index is 13.3. The van der Waals surface area contributed by atoms with Gasteiger partial charge in [-0.25, -0.2) is 9.18 Å². The van der Waals surface area contributed by atoms with Crippen LogP contribution < -0.4 is 10.6 Å². The number of hydrogen-bond donors (Lipinski definition) is 2. The van der Waals surface area contributed by atoms with E-state index >= 15 is 0 Å². The van der Waals surface area contributed by atoms with Crippen LogP contribution in [0.25, 0.3) is 11.4 Å². The number of likely N-dealkylation sites (tertiary alicyclic amines) is 1. The molecule has 1 saturated heterocycles. The van der Waals surface area contributed by atoms with Gasteiger partial charge < -0.3 is 19.9 Å². The minimum absolute atomic E-state index is 0.0132. The Morgan fingerprint density at radius 2 is 1.79 bits per heavy atom. The number of hydrogen-bond acceptors (Lipinski definition) is 7. The van der Waals surface area contributed by atoms with Crippen LogP contribution in [0.15, 0.2) is 59.1 Å². The van der Waals surface area contributed by atoms with Crippen molar-refractivity contribution in [3.8, 4) is 11.4 Å². The summed E-state index contributed by atoms with van der Waals surface area (Å²) in [5.74, 6) is -2.74. The van der Waals surface area contributed by atoms with Crippen molar-refractivity contribution < 1.29 is 41.2 Å². The Hall–Kier alpha value is -4.49. The lowest BCUT2D eigenvalue weighted by Crippen LogP contribution is -2.56. The summed E-state index contributed by atoms with van der Waals surface area (Å²) in [4.78, 5) is 43.5. The van der Waals surface area contributed by atoms with Gasteiger partial charge in [0, 0.05) is 18.7 Å². The zero-order chi connectivity index (χ0) is 31.1. The maximum atomic E-state index is 13.3. The first-order chi connectivity index (χ1) is 20.4. The molecule has 43 heavy (non-hydrogen) atoms. The second kappa shape index (κ2) is 13.7.